The molecular weight excluding hydrogens is 364 g/mol. The van der Waals surface area contributed by atoms with Crippen LogP contribution in [0.15, 0.2) is 42.5 Å². The number of likely N-dealkylation sites (N-methyl/N-ethyl adjacent to an activating group) is 1. The molecule has 0 saturated heterocycles. The van der Waals surface area contributed by atoms with Gasteiger partial charge in [-0.2, -0.15) is 0 Å². The van der Waals surface area contributed by atoms with Crippen LogP contribution in [0.4, 0.5) is 5.69 Å². The zero-order valence-electron chi connectivity index (χ0n) is 17.6. The Morgan fingerprint density at radius 1 is 1.07 bits per heavy atom. The van der Waals surface area contributed by atoms with E-state index in [-0.39, 0.29) is 12.5 Å². The number of nitrogens with one attached hydrogen (secondary N) is 2. The lowest BCUT2D eigenvalue weighted by Crippen LogP contribution is -2.40. The summed E-state index contributed by atoms with van der Waals surface area (Å²) in [6.45, 7) is 10.2. The molecule has 0 unspecified atom stereocenters. The summed E-state index contributed by atoms with van der Waals surface area (Å²) in [4.78, 5) is 14.5. The molecule has 2 aromatic carbocycles. The number of carbonyl (C=O) groups excluding carboxylic acids is 1. The molecule has 0 saturated carbocycles. The van der Waals surface area contributed by atoms with Gasteiger partial charge in [0.25, 0.3) is 0 Å². The first-order valence-electron chi connectivity index (χ1n) is 10.5. The number of rotatable bonds is 10. The van der Waals surface area contributed by atoms with E-state index in [9.17, 15) is 9.90 Å². The van der Waals surface area contributed by atoms with Crippen LogP contribution >= 0.6 is 0 Å². The molecule has 0 bridgehead atoms. The molecule has 1 amide bonds. The van der Waals surface area contributed by atoms with Crippen LogP contribution < -0.4 is 10.6 Å². The number of fused-ring (bicyclic) bond motifs is 3. The maximum atomic E-state index is 12.3. The molecule has 0 spiro atoms. The number of para-hydroxylation sites is 1. The normalized spacial score (nSPS) is 12.7. The van der Waals surface area contributed by atoms with Crippen LogP contribution in [0.3, 0.4) is 0 Å². The summed E-state index contributed by atoms with van der Waals surface area (Å²) >= 11 is 0. The molecule has 0 aliphatic heterocycles. The quantitative estimate of drug-likeness (QED) is 0.493. The van der Waals surface area contributed by atoms with Crippen molar-refractivity contribution in [3.05, 3.63) is 42.5 Å². The van der Waals surface area contributed by atoms with Gasteiger partial charge in [-0.15, -0.1) is 0 Å². The molecule has 156 valence electrons. The monoisotopic (exact) mass is 396 g/mol. The van der Waals surface area contributed by atoms with Crippen molar-refractivity contribution >= 4 is 33.4 Å². The van der Waals surface area contributed by atoms with Gasteiger partial charge >= 0.3 is 0 Å². The Bertz CT molecular complexity index is 962. The summed E-state index contributed by atoms with van der Waals surface area (Å²) in [6.07, 6.45) is -0.487. The van der Waals surface area contributed by atoms with Crippen LogP contribution in [0.25, 0.3) is 21.8 Å². The second-order valence-corrected chi connectivity index (χ2v) is 7.31. The zero-order chi connectivity index (χ0) is 20.8. The lowest BCUT2D eigenvalue weighted by molar-refractivity contribution is -0.115. The maximum absolute atomic E-state index is 12.3. The molecular formula is C23H32N4O2. The first-order chi connectivity index (χ1) is 14.1. The largest absolute Gasteiger partial charge is 0.390 e. The third-order valence-electron chi connectivity index (χ3n) is 5.40. The van der Waals surface area contributed by atoms with Crippen LogP contribution in [-0.2, 0) is 11.3 Å². The molecule has 0 aliphatic carbocycles. The third kappa shape index (κ3) is 4.96. The van der Waals surface area contributed by atoms with Crippen molar-refractivity contribution in [3.8, 4) is 0 Å². The van der Waals surface area contributed by atoms with Gasteiger partial charge in [0.2, 0.25) is 5.91 Å². The minimum atomic E-state index is -0.487. The van der Waals surface area contributed by atoms with Crippen LogP contribution in [0.5, 0.6) is 0 Å². The molecule has 1 atom stereocenters. The fraction of sp³-hybridized carbons (Fsp3) is 0.435. The highest BCUT2D eigenvalue weighted by atomic mass is 16.3. The Morgan fingerprint density at radius 2 is 1.79 bits per heavy atom. The van der Waals surface area contributed by atoms with Gasteiger partial charge in [-0.05, 0) is 44.3 Å². The van der Waals surface area contributed by atoms with Gasteiger partial charge in [-0.3, -0.25) is 4.79 Å². The van der Waals surface area contributed by atoms with E-state index < -0.39 is 6.10 Å². The van der Waals surface area contributed by atoms with E-state index in [2.05, 4.69) is 65.1 Å². The molecule has 6 nitrogen and oxygen atoms in total. The van der Waals surface area contributed by atoms with E-state index in [1.165, 1.54) is 16.4 Å². The fourth-order valence-corrected chi connectivity index (χ4v) is 3.87. The minimum absolute atomic E-state index is 0.112. The zero-order valence-corrected chi connectivity index (χ0v) is 17.6. The van der Waals surface area contributed by atoms with E-state index in [0.29, 0.717) is 13.1 Å². The number of amides is 1. The van der Waals surface area contributed by atoms with Gasteiger partial charge < -0.3 is 25.2 Å². The number of anilines is 1. The van der Waals surface area contributed by atoms with Gasteiger partial charge in [0.15, 0.2) is 0 Å². The van der Waals surface area contributed by atoms with Gasteiger partial charge in [-0.25, -0.2) is 0 Å². The van der Waals surface area contributed by atoms with Crippen molar-refractivity contribution < 1.29 is 9.90 Å². The molecule has 0 aliphatic rings. The van der Waals surface area contributed by atoms with Crippen molar-refractivity contribution in [2.75, 3.05) is 38.0 Å². The Hall–Kier alpha value is -2.41. The van der Waals surface area contributed by atoms with E-state index >= 15 is 0 Å². The van der Waals surface area contributed by atoms with Gasteiger partial charge in [-0.1, -0.05) is 32.0 Å². The summed E-state index contributed by atoms with van der Waals surface area (Å²) in [5, 5.41) is 18.4. The maximum Gasteiger partial charge on any atom is 0.238 e. The second-order valence-electron chi connectivity index (χ2n) is 7.31. The molecule has 1 aromatic heterocycles. The van der Waals surface area contributed by atoms with Gasteiger partial charge in [0, 0.05) is 47.1 Å². The average Bonchev–Trinajstić information content (AvgIpc) is 3.05. The van der Waals surface area contributed by atoms with Crippen LogP contribution in [-0.4, -0.2) is 59.3 Å². The number of hydrogen-bond acceptors (Lipinski definition) is 4. The number of aliphatic hydroxyl groups excluding tert-OH is 1. The summed E-state index contributed by atoms with van der Waals surface area (Å²) in [5.74, 6) is -0.112. The molecule has 0 radical (unpaired) electrons. The standard InChI is InChI=1S/C23H32N4O2/c1-4-26(5-2)16-18(28)14-24-15-23(29)25-17-11-12-22-20(13-17)19-9-7-8-10-21(19)27(22)6-3/h7-13,18,24,28H,4-6,14-16H2,1-3H3,(H,25,29)/t18-/m1/s1. The van der Waals surface area contributed by atoms with Crippen molar-refractivity contribution in [2.24, 2.45) is 0 Å². The smallest absolute Gasteiger partial charge is 0.238 e. The number of nitrogens with zero attached hydrogens (tertiary/aromatic N) is 2. The van der Waals surface area contributed by atoms with E-state index in [0.717, 1.165) is 30.7 Å². The van der Waals surface area contributed by atoms with E-state index in [1.54, 1.807) is 0 Å². The van der Waals surface area contributed by atoms with E-state index in [4.69, 9.17) is 0 Å². The van der Waals surface area contributed by atoms with Crippen molar-refractivity contribution in [1.29, 1.82) is 0 Å². The number of hydrogen-bond donors (Lipinski definition) is 3. The van der Waals surface area contributed by atoms with Gasteiger partial charge in [0.05, 0.1) is 12.6 Å². The Labute approximate surface area is 172 Å². The highest BCUT2D eigenvalue weighted by Crippen LogP contribution is 2.30. The number of aryl methyl sites for hydroxylation is 1. The second kappa shape index (κ2) is 9.87. The lowest BCUT2D eigenvalue weighted by Gasteiger charge is -2.21. The minimum Gasteiger partial charge on any atom is -0.390 e. The predicted molar refractivity (Wildman–Crippen MR) is 120 cm³/mol. The molecule has 3 rings (SSSR count). The highest BCUT2D eigenvalue weighted by molar-refractivity contribution is 6.09. The fourth-order valence-electron chi connectivity index (χ4n) is 3.87. The molecule has 1 heterocycles. The number of carbonyl (C=O) groups is 1. The van der Waals surface area contributed by atoms with Crippen molar-refractivity contribution in [1.82, 2.24) is 14.8 Å². The summed E-state index contributed by atoms with van der Waals surface area (Å²) in [5.41, 5.74) is 3.16. The predicted octanol–water partition coefficient (Wildman–Crippen LogP) is 3.05. The Balaban J connectivity index is 1.61. The number of benzene rings is 2. The molecule has 6 heteroatoms. The van der Waals surface area contributed by atoms with Crippen molar-refractivity contribution in [2.45, 2.75) is 33.4 Å². The topological polar surface area (TPSA) is 69.5 Å². The molecule has 0 fully saturated rings. The molecule has 3 N–H and O–H groups in total. The van der Waals surface area contributed by atoms with Crippen molar-refractivity contribution in [3.63, 3.8) is 0 Å². The summed E-state index contributed by atoms with van der Waals surface area (Å²) < 4.78 is 2.29. The van der Waals surface area contributed by atoms with Crippen LogP contribution in [0.1, 0.15) is 20.8 Å². The molecule has 29 heavy (non-hydrogen) atoms. The summed E-state index contributed by atoms with van der Waals surface area (Å²) in [7, 11) is 0. The van der Waals surface area contributed by atoms with Crippen LogP contribution in [0.2, 0.25) is 0 Å². The summed E-state index contributed by atoms with van der Waals surface area (Å²) in [6, 6.07) is 14.4. The lowest BCUT2D eigenvalue weighted by atomic mass is 10.1. The highest BCUT2D eigenvalue weighted by Gasteiger charge is 2.12. The molecule has 3 aromatic rings. The number of aliphatic hydroxyl groups is 1. The van der Waals surface area contributed by atoms with Crippen LogP contribution in [0, 0.1) is 0 Å². The first-order valence-corrected chi connectivity index (χ1v) is 10.5. The Morgan fingerprint density at radius 3 is 2.52 bits per heavy atom. The Kier molecular flexibility index (Phi) is 7.25. The van der Waals surface area contributed by atoms with E-state index in [1.807, 2.05) is 18.2 Å². The first kappa shape index (κ1) is 21.3. The number of aromatic nitrogens is 1. The SMILES string of the molecule is CCN(CC)C[C@H](O)CNCC(=O)Nc1ccc2c(c1)c1ccccc1n2CC. The third-order valence-corrected chi connectivity index (χ3v) is 5.40. The average molecular weight is 397 g/mol. The van der Waals surface area contributed by atoms with Gasteiger partial charge in [0.1, 0.15) is 0 Å².